The van der Waals surface area contributed by atoms with Gasteiger partial charge in [0.05, 0.1) is 5.69 Å². The molecule has 1 aromatic carbocycles. The number of rotatable bonds is 7. The lowest BCUT2D eigenvalue weighted by Gasteiger charge is -2.09. The number of hydrogen-bond acceptors (Lipinski definition) is 2. The van der Waals surface area contributed by atoms with Crippen LogP contribution in [0.3, 0.4) is 0 Å². The summed E-state index contributed by atoms with van der Waals surface area (Å²) in [5.41, 5.74) is 4.31. The number of nitrogens with zero attached hydrogens (tertiary/aromatic N) is 2. The van der Waals surface area contributed by atoms with Crippen LogP contribution in [0.1, 0.15) is 42.8 Å². The molecular formula is C19H26ClN3O. The topological polar surface area (TPSA) is 46.9 Å². The summed E-state index contributed by atoms with van der Waals surface area (Å²) in [4.78, 5) is 12.1. The van der Waals surface area contributed by atoms with Crippen LogP contribution in [0.2, 0.25) is 5.02 Å². The van der Waals surface area contributed by atoms with Crippen molar-refractivity contribution in [2.75, 3.05) is 0 Å². The minimum atomic E-state index is 0.0327. The fourth-order valence-corrected chi connectivity index (χ4v) is 2.98. The Morgan fingerprint density at radius 2 is 2.00 bits per heavy atom. The average molecular weight is 348 g/mol. The molecule has 1 heterocycles. The van der Waals surface area contributed by atoms with E-state index in [0.717, 1.165) is 17.8 Å². The third kappa shape index (κ3) is 4.84. The van der Waals surface area contributed by atoms with Gasteiger partial charge in [-0.05, 0) is 43.4 Å². The van der Waals surface area contributed by atoms with Gasteiger partial charge in [-0.1, -0.05) is 43.6 Å². The second-order valence-corrected chi connectivity index (χ2v) is 7.00. The molecule has 2 aromatic rings. The molecule has 0 aliphatic rings. The van der Waals surface area contributed by atoms with Crippen LogP contribution in [0.5, 0.6) is 0 Å². The number of aromatic nitrogens is 2. The normalized spacial score (nSPS) is 11.1. The van der Waals surface area contributed by atoms with Crippen molar-refractivity contribution in [3.05, 3.63) is 51.8 Å². The Labute approximate surface area is 149 Å². The molecule has 0 unspecified atom stereocenters. The number of amides is 1. The van der Waals surface area contributed by atoms with Gasteiger partial charge >= 0.3 is 0 Å². The van der Waals surface area contributed by atoms with Gasteiger partial charge in [0.1, 0.15) is 0 Å². The third-order valence-corrected chi connectivity index (χ3v) is 4.47. The monoisotopic (exact) mass is 347 g/mol. The number of halogens is 1. The molecule has 130 valence electrons. The molecule has 0 saturated heterocycles. The molecule has 1 N–H and O–H groups in total. The lowest BCUT2D eigenvalue weighted by molar-refractivity contribution is -0.121. The second-order valence-electron chi connectivity index (χ2n) is 6.59. The highest BCUT2D eigenvalue weighted by molar-refractivity contribution is 6.31. The Balaban J connectivity index is 1.90. The van der Waals surface area contributed by atoms with Crippen molar-refractivity contribution in [2.45, 2.75) is 53.6 Å². The maximum Gasteiger partial charge on any atom is 0.220 e. The van der Waals surface area contributed by atoms with Gasteiger partial charge in [0.25, 0.3) is 0 Å². The van der Waals surface area contributed by atoms with E-state index in [0.29, 0.717) is 30.3 Å². The van der Waals surface area contributed by atoms with Crippen LogP contribution < -0.4 is 5.32 Å². The van der Waals surface area contributed by atoms with Gasteiger partial charge < -0.3 is 5.32 Å². The number of nitrogens with one attached hydrogen (secondary N) is 1. The van der Waals surface area contributed by atoms with Gasteiger partial charge in [0, 0.05) is 30.2 Å². The van der Waals surface area contributed by atoms with Crippen LogP contribution in [-0.4, -0.2) is 15.7 Å². The van der Waals surface area contributed by atoms with E-state index in [1.807, 2.05) is 31.2 Å². The lowest BCUT2D eigenvalue weighted by atomic mass is 10.1. The Morgan fingerprint density at radius 3 is 2.67 bits per heavy atom. The maximum absolute atomic E-state index is 12.1. The zero-order valence-corrected chi connectivity index (χ0v) is 15.7. The first-order chi connectivity index (χ1) is 11.4. The van der Waals surface area contributed by atoms with Crippen molar-refractivity contribution in [3.63, 3.8) is 0 Å². The molecular weight excluding hydrogens is 322 g/mol. The van der Waals surface area contributed by atoms with Crippen molar-refractivity contribution in [3.8, 4) is 0 Å². The molecule has 1 amide bonds. The van der Waals surface area contributed by atoms with E-state index in [9.17, 15) is 4.79 Å². The molecule has 0 atom stereocenters. The quantitative estimate of drug-likeness (QED) is 0.821. The van der Waals surface area contributed by atoms with Crippen molar-refractivity contribution in [2.24, 2.45) is 5.92 Å². The van der Waals surface area contributed by atoms with E-state index in [1.54, 1.807) is 0 Å². The summed E-state index contributed by atoms with van der Waals surface area (Å²) in [6, 6.07) is 7.56. The van der Waals surface area contributed by atoms with Crippen LogP contribution in [0.25, 0.3) is 0 Å². The van der Waals surface area contributed by atoms with Gasteiger partial charge in [0.15, 0.2) is 0 Å². The zero-order valence-electron chi connectivity index (χ0n) is 14.9. The lowest BCUT2D eigenvalue weighted by Crippen LogP contribution is -2.23. The highest BCUT2D eigenvalue weighted by Crippen LogP contribution is 2.17. The van der Waals surface area contributed by atoms with Crippen LogP contribution >= 0.6 is 11.6 Å². The Morgan fingerprint density at radius 1 is 1.29 bits per heavy atom. The molecule has 24 heavy (non-hydrogen) atoms. The maximum atomic E-state index is 12.1. The third-order valence-electron chi connectivity index (χ3n) is 4.11. The summed E-state index contributed by atoms with van der Waals surface area (Å²) < 4.78 is 2.05. The molecule has 0 radical (unpaired) electrons. The van der Waals surface area contributed by atoms with Gasteiger partial charge in [-0.15, -0.1) is 0 Å². The summed E-state index contributed by atoms with van der Waals surface area (Å²) in [7, 11) is 0. The highest BCUT2D eigenvalue weighted by Gasteiger charge is 2.13. The fraction of sp³-hybridized carbons (Fsp3) is 0.474. The SMILES string of the molecule is Cc1nn(CC(C)C)c(C)c1CCC(=O)NCc1ccccc1Cl. The van der Waals surface area contributed by atoms with Gasteiger partial charge in [0.2, 0.25) is 5.91 Å². The highest BCUT2D eigenvalue weighted by atomic mass is 35.5. The molecule has 0 aliphatic carbocycles. The summed E-state index contributed by atoms with van der Waals surface area (Å²) in [5.74, 6) is 0.583. The number of carbonyl (C=O) groups is 1. The Hall–Kier alpha value is -1.81. The Bertz CT molecular complexity index is 707. The predicted molar refractivity (Wildman–Crippen MR) is 98.2 cm³/mol. The van der Waals surface area contributed by atoms with E-state index in [2.05, 4.69) is 35.9 Å². The first-order valence-electron chi connectivity index (χ1n) is 8.41. The van der Waals surface area contributed by atoms with Gasteiger partial charge in [-0.2, -0.15) is 5.10 Å². The average Bonchev–Trinajstić information content (AvgIpc) is 2.78. The molecule has 2 rings (SSSR count). The molecule has 1 aromatic heterocycles. The zero-order chi connectivity index (χ0) is 17.7. The van der Waals surface area contributed by atoms with Crippen LogP contribution in [0.4, 0.5) is 0 Å². The van der Waals surface area contributed by atoms with Crippen LogP contribution in [0.15, 0.2) is 24.3 Å². The summed E-state index contributed by atoms with van der Waals surface area (Å²) in [6.07, 6.45) is 1.17. The fourth-order valence-electron chi connectivity index (χ4n) is 2.78. The molecule has 0 fully saturated rings. The molecule has 0 aliphatic heterocycles. The first-order valence-corrected chi connectivity index (χ1v) is 8.79. The summed E-state index contributed by atoms with van der Waals surface area (Å²) in [5, 5.41) is 8.22. The molecule has 4 nitrogen and oxygen atoms in total. The van der Waals surface area contributed by atoms with Gasteiger partial charge in [-0.25, -0.2) is 0 Å². The van der Waals surface area contributed by atoms with Gasteiger partial charge in [-0.3, -0.25) is 9.48 Å². The van der Waals surface area contributed by atoms with Crippen molar-refractivity contribution in [1.29, 1.82) is 0 Å². The molecule has 0 bridgehead atoms. The van der Waals surface area contributed by atoms with E-state index in [1.165, 1.54) is 11.3 Å². The second kappa shape index (κ2) is 8.34. The summed E-state index contributed by atoms with van der Waals surface area (Å²) >= 11 is 6.10. The Kier molecular flexibility index (Phi) is 6.44. The van der Waals surface area contributed by atoms with E-state index >= 15 is 0 Å². The molecule has 5 heteroatoms. The molecule has 0 saturated carbocycles. The van der Waals surface area contributed by atoms with E-state index in [4.69, 9.17) is 11.6 Å². The first kappa shape index (κ1) is 18.5. The standard InChI is InChI=1S/C19H26ClN3O/c1-13(2)12-23-15(4)17(14(3)22-23)9-10-19(24)21-11-16-7-5-6-8-18(16)20/h5-8,13H,9-12H2,1-4H3,(H,21,24). The largest absolute Gasteiger partial charge is 0.352 e. The minimum Gasteiger partial charge on any atom is -0.352 e. The van der Waals surface area contributed by atoms with E-state index < -0.39 is 0 Å². The van der Waals surface area contributed by atoms with Crippen LogP contribution in [-0.2, 0) is 24.3 Å². The van der Waals surface area contributed by atoms with E-state index in [-0.39, 0.29) is 5.91 Å². The predicted octanol–water partition coefficient (Wildman–Crippen LogP) is 4.06. The smallest absolute Gasteiger partial charge is 0.220 e. The van der Waals surface area contributed by atoms with Crippen molar-refractivity contribution >= 4 is 17.5 Å². The number of benzene rings is 1. The number of hydrogen-bond donors (Lipinski definition) is 1. The van der Waals surface area contributed by atoms with Crippen molar-refractivity contribution < 1.29 is 4.79 Å². The number of carbonyl (C=O) groups excluding carboxylic acids is 1. The summed E-state index contributed by atoms with van der Waals surface area (Å²) in [6.45, 7) is 9.82. The minimum absolute atomic E-state index is 0.0327. The molecule has 0 spiro atoms. The van der Waals surface area contributed by atoms with Crippen molar-refractivity contribution in [1.82, 2.24) is 15.1 Å². The number of aryl methyl sites for hydroxylation is 1. The van der Waals surface area contributed by atoms with Crippen LogP contribution in [0, 0.1) is 19.8 Å².